The number of hydrogen-bond acceptors (Lipinski definition) is 3. The van der Waals surface area contributed by atoms with Gasteiger partial charge in [-0.3, -0.25) is 4.98 Å². The molecule has 0 saturated carbocycles. The molecule has 1 aromatic rings. The lowest BCUT2D eigenvalue weighted by Crippen LogP contribution is -2.38. The number of carbonyl (C=O) groups is 1. The number of fused-ring (bicyclic) bond motifs is 1. The van der Waals surface area contributed by atoms with Crippen LogP contribution in [-0.4, -0.2) is 46.8 Å². The molecule has 3 rings (SSSR count). The zero-order valence-electron chi connectivity index (χ0n) is 9.49. The standard InChI is InChI=1S/C12H15N3O2/c16-12(17)15-5-3-9-7-14(8-11(9)15)10-2-1-4-13-6-10/h1-2,4,6,9,11H,3,5,7-8H2,(H,16,17)/t9-,11+/m1/s1. The van der Waals surface area contributed by atoms with Gasteiger partial charge in [0, 0.05) is 31.7 Å². The van der Waals surface area contributed by atoms with Crippen molar-refractivity contribution in [1.29, 1.82) is 0 Å². The largest absolute Gasteiger partial charge is 0.465 e. The SMILES string of the molecule is O=C(O)N1CC[C@@H]2CN(c3cccnc3)C[C@@H]21. The fourth-order valence-corrected chi connectivity index (χ4v) is 2.95. The van der Waals surface area contributed by atoms with Crippen molar-refractivity contribution in [1.82, 2.24) is 9.88 Å². The van der Waals surface area contributed by atoms with Crippen LogP contribution in [0.25, 0.3) is 0 Å². The van der Waals surface area contributed by atoms with Crippen molar-refractivity contribution in [3.63, 3.8) is 0 Å². The molecule has 90 valence electrons. The summed E-state index contributed by atoms with van der Waals surface area (Å²) in [7, 11) is 0. The molecule has 5 heteroatoms. The summed E-state index contributed by atoms with van der Waals surface area (Å²) in [5, 5.41) is 9.11. The maximum atomic E-state index is 11.1. The first-order chi connectivity index (χ1) is 8.25. The lowest BCUT2D eigenvalue weighted by molar-refractivity contribution is 0.140. The van der Waals surface area contributed by atoms with E-state index in [4.69, 9.17) is 5.11 Å². The van der Waals surface area contributed by atoms with Crippen LogP contribution in [0, 0.1) is 5.92 Å². The summed E-state index contributed by atoms with van der Waals surface area (Å²) >= 11 is 0. The number of nitrogens with zero attached hydrogens (tertiary/aromatic N) is 3. The molecule has 2 fully saturated rings. The molecular formula is C12H15N3O2. The van der Waals surface area contributed by atoms with Crippen molar-refractivity contribution in [2.24, 2.45) is 5.92 Å². The third kappa shape index (κ3) is 1.71. The van der Waals surface area contributed by atoms with Gasteiger partial charge in [-0.2, -0.15) is 0 Å². The Hall–Kier alpha value is -1.78. The Balaban J connectivity index is 1.76. The Morgan fingerprint density at radius 2 is 2.35 bits per heavy atom. The Morgan fingerprint density at radius 3 is 3.06 bits per heavy atom. The fraction of sp³-hybridized carbons (Fsp3) is 0.500. The summed E-state index contributed by atoms with van der Waals surface area (Å²) in [6, 6.07) is 4.10. The molecule has 3 heterocycles. The number of pyridine rings is 1. The van der Waals surface area contributed by atoms with Gasteiger partial charge in [-0.25, -0.2) is 4.79 Å². The van der Waals surface area contributed by atoms with Gasteiger partial charge < -0.3 is 14.9 Å². The van der Waals surface area contributed by atoms with Crippen molar-refractivity contribution in [2.75, 3.05) is 24.5 Å². The first kappa shape index (κ1) is 10.4. The monoisotopic (exact) mass is 233 g/mol. The summed E-state index contributed by atoms with van der Waals surface area (Å²) in [6.07, 6.45) is 3.79. The highest BCUT2D eigenvalue weighted by Gasteiger charge is 2.43. The van der Waals surface area contributed by atoms with Crippen LogP contribution < -0.4 is 4.90 Å². The van der Waals surface area contributed by atoms with Crippen LogP contribution in [0.15, 0.2) is 24.5 Å². The lowest BCUT2D eigenvalue weighted by Gasteiger charge is -2.23. The number of anilines is 1. The molecule has 0 unspecified atom stereocenters. The third-order valence-corrected chi connectivity index (χ3v) is 3.80. The van der Waals surface area contributed by atoms with E-state index >= 15 is 0 Å². The number of aromatic nitrogens is 1. The van der Waals surface area contributed by atoms with E-state index in [-0.39, 0.29) is 6.04 Å². The minimum absolute atomic E-state index is 0.160. The van der Waals surface area contributed by atoms with E-state index in [1.54, 1.807) is 11.1 Å². The van der Waals surface area contributed by atoms with E-state index in [2.05, 4.69) is 9.88 Å². The number of carboxylic acid groups (broad SMARTS) is 1. The average molecular weight is 233 g/mol. The zero-order chi connectivity index (χ0) is 11.8. The molecular weight excluding hydrogens is 218 g/mol. The van der Waals surface area contributed by atoms with Crippen LogP contribution in [0.5, 0.6) is 0 Å². The smallest absolute Gasteiger partial charge is 0.407 e. The number of amides is 1. The molecule has 5 nitrogen and oxygen atoms in total. The minimum Gasteiger partial charge on any atom is -0.465 e. The molecule has 0 radical (unpaired) electrons. The second kappa shape index (κ2) is 3.91. The number of hydrogen-bond donors (Lipinski definition) is 1. The molecule has 2 atom stereocenters. The van der Waals surface area contributed by atoms with Crippen LogP contribution in [0.3, 0.4) is 0 Å². The van der Waals surface area contributed by atoms with Gasteiger partial charge in [0.15, 0.2) is 0 Å². The second-order valence-corrected chi connectivity index (χ2v) is 4.71. The first-order valence-corrected chi connectivity index (χ1v) is 5.90. The molecule has 0 aromatic carbocycles. The summed E-state index contributed by atoms with van der Waals surface area (Å²) in [4.78, 5) is 19.0. The molecule has 2 aliphatic rings. The predicted octanol–water partition coefficient (Wildman–Crippen LogP) is 1.27. The molecule has 1 N–H and O–H groups in total. The fourth-order valence-electron chi connectivity index (χ4n) is 2.95. The van der Waals surface area contributed by atoms with Gasteiger partial charge in [-0.15, -0.1) is 0 Å². The van der Waals surface area contributed by atoms with Crippen LogP contribution >= 0.6 is 0 Å². The predicted molar refractivity (Wildman–Crippen MR) is 63.1 cm³/mol. The van der Waals surface area contributed by atoms with E-state index in [0.717, 1.165) is 25.2 Å². The van der Waals surface area contributed by atoms with Crippen LogP contribution in [-0.2, 0) is 0 Å². The van der Waals surface area contributed by atoms with Crippen LogP contribution in [0.1, 0.15) is 6.42 Å². The van der Waals surface area contributed by atoms with Crippen molar-refractivity contribution in [3.8, 4) is 0 Å². The molecule has 2 aliphatic heterocycles. The van der Waals surface area contributed by atoms with E-state index in [0.29, 0.717) is 12.5 Å². The normalized spacial score (nSPS) is 27.3. The molecule has 0 aliphatic carbocycles. The first-order valence-electron chi connectivity index (χ1n) is 5.90. The quantitative estimate of drug-likeness (QED) is 0.793. The van der Waals surface area contributed by atoms with Crippen molar-refractivity contribution in [3.05, 3.63) is 24.5 Å². The minimum atomic E-state index is -0.787. The number of likely N-dealkylation sites (tertiary alicyclic amines) is 1. The van der Waals surface area contributed by atoms with E-state index < -0.39 is 6.09 Å². The topological polar surface area (TPSA) is 56.7 Å². The molecule has 1 aromatic heterocycles. The van der Waals surface area contributed by atoms with Gasteiger partial charge in [0.25, 0.3) is 0 Å². The molecule has 2 saturated heterocycles. The Bertz CT molecular complexity index is 423. The molecule has 0 spiro atoms. The van der Waals surface area contributed by atoms with Gasteiger partial charge in [-0.05, 0) is 18.6 Å². The summed E-state index contributed by atoms with van der Waals surface area (Å²) in [5.74, 6) is 0.478. The molecule has 1 amide bonds. The van der Waals surface area contributed by atoms with E-state index in [1.807, 2.05) is 18.3 Å². The van der Waals surface area contributed by atoms with Gasteiger partial charge in [0.05, 0.1) is 17.9 Å². The summed E-state index contributed by atoms with van der Waals surface area (Å²) < 4.78 is 0. The summed E-state index contributed by atoms with van der Waals surface area (Å²) in [5.41, 5.74) is 1.09. The molecule has 0 bridgehead atoms. The molecule has 17 heavy (non-hydrogen) atoms. The second-order valence-electron chi connectivity index (χ2n) is 4.71. The van der Waals surface area contributed by atoms with Gasteiger partial charge >= 0.3 is 6.09 Å². The van der Waals surface area contributed by atoms with Gasteiger partial charge in [-0.1, -0.05) is 0 Å². The highest BCUT2D eigenvalue weighted by Crippen LogP contribution is 2.33. The third-order valence-electron chi connectivity index (χ3n) is 3.80. The van der Waals surface area contributed by atoms with Crippen molar-refractivity contribution in [2.45, 2.75) is 12.5 Å². The Labute approximate surface area is 99.7 Å². The number of rotatable bonds is 1. The maximum Gasteiger partial charge on any atom is 0.407 e. The van der Waals surface area contributed by atoms with Gasteiger partial charge in [0.2, 0.25) is 0 Å². The average Bonchev–Trinajstić information content (AvgIpc) is 2.88. The summed E-state index contributed by atoms with van der Waals surface area (Å²) in [6.45, 7) is 2.42. The zero-order valence-corrected chi connectivity index (χ0v) is 9.49. The van der Waals surface area contributed by atoms with Crippen LogP contribution in [0.2, 0.25) is 0 Å². The Morgan fingerprint density at radius 1 is 1.47 bits per heavy atom. The highest BCUT2D eigenvalue weighted by atomic mass is 16.4. The highest BCUT2D eigenvalue weighted by molar-refractivity contribution is 5.66. The van der Waals surface area contributed by atoms with E-state index in [1.165, 1.54) is 0 Å². The van der Waals surface area contributed by atoms with Gasteiger partial charge in [0.1, 0.15) is 0 Å². The van der Waals surface area contributed by atoms with Crippen molar-refractivity contribution >= 4 is 11.8 Å². The Kier molecular flexibility index (Phi) is 2.39. The maximum absolute atomic E-state index is 11.1. The van der Waals surface area contributed by atoms with Crippen LogP contribution in [0.4, 0.5) is 10.5 Å². The lowest BCUT2D eigenvalue weighted by atomic mass is 10.1. The van der Waals surface area contributed by atoms with E-state index in [9.17, 15) is 4.79 Å². The van der Waals surface area contributed by atoms with Crippen molar-refractivity contribution < 1.29 is 9.90 Å².